The molecule has 0 bridgehead atoms. The molecular weight excluding hydrogens is 328 g/mol. The highest BCUT2D eigenvalue weighted by Gasteiger charge is 2.50. The number of ketones is 1. The summed E-state index contributed by atoms with van der Waals surface area (Å²) >= 11 is 8.31. The molecule has 0 saturated heterocycles. The maximum absolute atomic E-state index is 12.0. The molecule has 76 valence electrons. The van der Waals surface area contributed by atoms with Gasteiger partial charge in [0.1, 0.15) is 0 Å². The van der Waals surface area contributed by atoms with E-state index >= 15 is 0 Å². The van der Waals surface area contributed by atoms with Crippen LogP contribution in [0.2, 0.25) is 0 Å². The number of halogens is 2. The molecule has 0 radical (unpaired) electrons. The predicted molar refractivity (Wildman–Crippen MR) is 65.9 cm³/mol. The fraction of sp³-hybridized carbons (Fsp3) is 0.500. The Labute approximate surface area is 104 Å². The summed E-state index contributed by atoms with van der Waals surface area (Å²) in [5.41, 5.74) is 0.222. The van der Waals surface area contributed by atoms with Gasteiger partial charge in [-0.2, -0.15) is 0 Å². The molecule has 0 amide bonds. The molecule has 1 aromatic rings. The molecule has 0 aromatic carbocycles. The monoisotopic (exact) mass is 336 g/mol. The quantitative estimate of drug-likeness (QED) is 0.726. The summed E-state index contributed by atoms with van der Waals surface area (Å²) in [5.74, 6) is 0.534. The number of Topliss-reactive ketones (excluding diaryl/α,β-unsaturated/α-hetero) is 1. The zero-order chi connectivity index (χ0) is 10.5. The van der Waals surface area contributed by atoms with Crippen LogP contribution in [0.1, 0.15) is 29.9 Å². The van der Waals surface area contributed by atoms with Gasteiger partial charge in [0.2, 0.25) is 0 Å². The molecule has 4 heteroatoms. The molecule has 0 N–H and O–H groups in total. The van der Waals surface area contributed by atoms with Crippen molar-refractivity contribution in [1.82, 2.24) is 0 Å². The first-order valence-electron chi connectivity index (χ1n) is 4.41. The Hall–Kier alpha value is 0.330. The fourth-order valence-corrected chi connectivity index (χ4v) is 3.58. The predicted octanol–water partition coefficient (Wildman–Crippen LogP) is 4.50. The lowest BCUT2D eigenvalue weighted by atomic mass is 10.1. The van der Waals surface area contributed by atoms with E-state index in [9.17, 15) is 4.79 Å². The summed E-state index contributed by atoms with van der Waals surface area (Å²) < 4.78 is 1.98. The molecule has 1 unspecified atom stereocenters. The molecule has 1 nitrogen and oxygen atoms in total. The van der Waals surface area contributed by atoms with Gasteiger partial charge in [0.25, 0.3) is 0 Å². The summed E-state index contributed by atoms with van der Waals surface area (Å²) in [7, 11) is 0. The van der Waals surface area contributed by atoms with Crippen molar-refractivity contribution in [2.45, 2.75) is 20.3 Å². The van der Waals surface area contributed by atoms with E-state index in [1.54, 1.807) is 0 Å². The Morgan fingerprint density at radius 2 is 2.14 bits per heavy atom. The number of rotatable bonds is 2. The van der Waals surface area contributed by atoms with Crippen LogP contribution in [-0.2, 0) is 0 Å². The second-order valence-corrected chi connectivity index (χ2v) is 7.57. The van der Waals surface area contributed by atoms with Gasteiger partial charge in [-0.05, 0) is 49.8 Å². The van der Waals surface area contributed by atoms with Crippen LogP contribution in [0.4, 0.5) is 0 Å². The molecule has 1 atom stereocenters. The van der Waals surface area contributed by atoms with Gasteiger partial charge in [-0.15, -0.1) is 11.3 Å². The Balaban J connectivity index is 2.21. The van der Waals surface area contributed by atoms with E-state index in [-0.39, 0.29) is 11.3 Å². The summed E-state index contributed by atoms with van der Waals surface area (Å²) in [6.07, 6.45) is 1.03. The Morgan fingerprint density at radius 3 is 2.50 bits per heavy atom. The summed E-state index contributed by atoms with van der Waals surface area (Å²) in [4.78, 5) is 12.8. The van der Waals surface area contributed by atoms with Crippen LogP contribution in [-0.4, -0.2) is 5.78 Å². The number of hydrogen-bond donors (Lipinski definition) is 0. The summed E-state index contributed by atoms with van der Waals surface area (Å²) in [6.45, 7) is 4.29. The van der Waals surface area contributed by atoms with E-state index in [2.05, 4.69) is 45.7 Å². The first-order valence-corrected chi connectivity index (χ1v) is 6.81. The highest BCUT2D eigenvalue weighted by atomic mass is 79.9. The minimum absolute atomic E-state index is 0.222. The molecule has 14 heavy (non-hydrogen) atoms. The van der Waals surface area contributed by atoms with E-state index in [1.807, 2.05) is 6.07 Å². The van der Waals surface area contributed by atoms with Crippen LogP contribution in [0.5, 0.6) is 0 Å². The van der Waals surface area contributed by atoms with Gasteiger partial charge >= 0.3 is 0 Å². The molecule has 1 aliphatic rings. The minimum Gasteiger partial charge on any atom is -0.293 e. The van der Waals surface area contributed by atoms with Crippen molar-refractivity contribution in [2.75, 3.05) is 0 Å². The maximum Gasteiger partial charge on any atom is 0.176 e. The highest BCUT2D eigenvalue weighted by Crippen LogP contribution is 2.53. The zero-order valence-electron chi connectivity index (χ0n) is 7.93. The van der Waals surface area contributed by atoms with Crippen molar-refractivity contribution in [1.29, 1.82) is 0 Å². The number of thiophene rings is 1. The average Bonchev–Trinajstić information content (AvgIpc) is 2.59. The van der Waals surface area contributed by atoms with Crippen molar-refractivity contribution < 1.29 is 4.79 Å². The molecule has 1 saturated carbocycles. The van der Waals surface area contributed by atoms with Gasteiger partial charge in [0.05, 0.1) is 8.66 Å². The van der Waals surface area contributed by atoms with Gasteiger partial charge in [-0.25, -0.2) is 0 Å². The molecule has 0 aliphatic heterocycles. The number of hydrogen-bond acceptors (Lipinski definition) is 2. The van der Waals surface area contributed by atoms with Crippen LogP contribution in [0.25, 0.3) is 0 Å². The number of carbonyl (C=O) groups excluding carboxylic acids is 1. The summed E-state index contributed by atoms with van der Waals surface area (Å²) in [5, 5.41) is 0. The third-order valence-corrected chi connectivity index (χ3v) is 5.99. The smallest absolute Gasteiger partial charge is 0.176 e. The van der Waals surface area contributed by atoms with Gasteiger partial charge < -0.3 is 0 Å². The van der Waals surface area contributed by atoms with Gasteiger partial charge in [-0.1, -0.05) is 13.8 Å². The van der Waals surface area contributed by atoms with E-state index < -0.39 is 0 Å². The first kappa shape index (κ1) is 10.8. The third-order valence-electron chi connectivity index (χ3n) is 2.72. The van der Waals surface area contributed by atoms with E-state index in [4.69, 9.17) is 0 Å². The van der Waals surface area contributed by atoms with Gasteiger partial charge in [0, 0.05) is 10.4 Å². The lowest BCUT2D eigenvalue weighted by Crippen LogP contribution is -2.04. The van der Waals surface area contributed by atoms with E-state index in [1.165, 1.54) is 11.3 Å². The van der Waals surface area contributed by atoms with Crippen molar-refractivity contribution in [3.63, 3.8) is 0 Å². The van der Waals surface area contributed by atoms with Crippen LogP contribution < -0.4 is 0 Å². The fourth-order valence-electron chi connectivity index (χ4n) is 1.55. The topological polar surface area (TPSA) is 17.1 Å². The normalized spacial score (nSPS) is 23.6. The maximum atomic E-state index is 12.0. The molecule has 1 aromatic heterocycles. The van der Waals surface area contributed by atoms with Crippen molar-refractivity contribution in [3.8, 4) is 0 Å². The molecule has 0 spiro atoms. The highest BCUT2D eigenvalue weighted by molar-refractivity contribution is 9.13. The van der Waals surface area contributed by atoms with Crippen LogP contribution in [0, 0.1) is 11.3 Å². The van der Waals surface area contributed by atoms with Gasteiger partial charge in [0.15, 0.2) is 5.78 Å². The van der Waals surface area contributed by atoms with Crippen molar-refractivity contribution >= 4 is 49.0 Å². The largest absolute Gasteiger partial charge is 0.293 e. The lowest BCUT2D eigenvalue weighted by molar-refractivity contribution is 0.0957. The Kier molecular flexibility index (Phi) is 2.65. The van der Waals surface area contributed by atoms with Crippen LogP contribution >= 0.6 is 43.2 Å². The third kappa shape index (κ3) is 1.84. The zero-order valence-corrected chi connectivity index (χ0v) is 11.9. The van der Waals surface area contributed by atoms with Gasteiger partial charge in [-0.3, -0.25) is 4.79 Å². The molecule has 1 heterocycles. The standard InChI is InChI=1S/C10H10Br2OS/c1-10(2)4-5(10)8(13)7-3-6(11)9(12)14-7/h3,5H,4H2,1-2H3. The summed E-state index contributed by atoms with van der Waals surface area (Å²) in [6, 6.07) is 1.91. The van der Waals surface area contributed by atoms with E-state index in [0.29, 0.717) is 5.78 Å². The molecule has 2 rings (SSSR count). The first-order chi connectivity index (χ1) is 6.42. The lowest BCUT2D eigenvalue weighted by Gasteiger charge is -1.99. The molecule has 1 aliphatic carbocycles. The second-order valence-electron chi connectivity index (χ2n) is 4.34. The number of carbonyl (C=O) groups is 1. The Bertz CT molecular complexity index is 375. The molecule has 1 fully saturated rings. The van der Waals surface area contributed by atoms with Crippen molar-refractivity contribution in [2.24, 2.45) is 11.3 Å². The van der Waals surface area contributed by atoms with Crippen molar-refractivity contribution in [3.05, 3.63) is 19.2 Å². The van der Waals surface area contributed by atoms with E-state index in [0.717, 1.165) is 19.6 Å². The molecular formula is C10H10Br2OS. The second kappa shape index (κ2) is 3.42. The average molecular weight is 338 g/mol. The Morgan fingerprint density at radius 1 is 1.57 bits per heavy atom. The van der Waals surface area contributed by atoms with Crippen LogP contribution in [0.3, 0.4) is 0 Å². The minimum atomic E-state index is 0.222. The van der Waals surface area contributed by atoms with Crippen LogP contribution in [0.15, 0.2) is 14.3 Å². The SMILES string of the molecule is CC1(C)CC1C(=O)c1cc(Br)c(Br)s1.